The van der Waals surface area contributed by atoms with Crippen LogP contribution in [0.15, 0.2) is 60.9 Å². The molecule has 0 aliphatic carbocycles. The Morgan fingerprint density at radius 3 is 2.36 bits per heavy atom. The molecule has 1 aromatic heterocycles. The first-order valence-corrected chi connectivity index (χ1v) is 8.85. The van der Waals surface area contributed by atoms with E-state index < -0.39 is 0 Å². The summed E-state index contributed by atoms with van der Waals surface area (Å²) in [5, 5.41) is 5.91. The Morgan fingerprint density at radius 1 is 1.00 bits per heavy atom. The van der Waals surface area contributed by atoms with Crippen molar-refractivity contribution in [3.8, 4) is 5.75 Å². The normalized spacial score (nSPS) is 10.4. The maximum Gasteiger partial charge on any atom is 0.271 e. The van der Waals surface area contributed by atoms with Gasteiger partial charge in [-0.3, -0.25) is 4.79 Å². The van der Waals surface area contributed by atoms with E-state index in [1.54, 1.807) is 19.2 Å². The van der Waals surface area contributed by atoms with Crippen LogP contribution in [-0.4, -0.2) is 29.5 Å². The Bertz CT molecular complexity index is 897. The van der Waals surface area contributed by atoms with E-state index in [0.717, 1.165) is 16.9 Å². The second kappa shape index (κ2) is 9.45. The topological polar surface area (TPSA) is 76.1 Å². The Hall–Kier alpha value is -3.48. The Labute approximate surface area is 162 Å². The number of carbonyl (C=O) groups is 1. The van der Waals surface area contributed by atoms with Crippen LogP contribution in [-0.2, 0) is 13.0 Å². The lowest BCUT2D eigenvalue weighted by Gasteiger charge is -2.07. The molecule has 0 fully saturated rings. The highest BCUT2D eigenvalue weighted by Crippen LogP contribution is 2.11. The van der Waals surface area contributed by atoms with Gasteiger partial charge in [-0.15, -0.1) is 0 Å². The van der Waals surface area contributed by atoms with Crippen LogP contribution in [0.2, 0.25) is 0 Å². The fraction of sp³-hybridized carbons (Fsp3) is 0.190. The van der Waals surface area contributed by atoms with Gasteiger partial charge in [0.25, 0.3) is 5.91 Å². The van der Waals surface area contributed by atoms with Gasteiger partial charge < -0.3 is 15.4 Å². The van der Waals surface area contributed by atoms with Crippen molar-refractivity contribution in [2.75, 3.05) is 19.0 Å². The highest BCUT2D eigenvalue weighted by atomic mass is 19.1. The van der Waals surface area contributed by atoms with Crippen molar-refractivity contribution in [3.63, 3.8) is 0 Å². The molecular weight excluding hydrogens is 359 g/mol. The molecule has 0 saturated heterocycles. The lowest BCUT2D eigenvalue weighted by molar-refractivity contribution is 0.0949. The summed E-state index contributed by atoms with van der Waals surface area (Å²) < 4.78 is 18.0. The minimum absolute atomic E-state index is 0.252. The van der Waals surface area contributed by atoms with Gasteiger partial charge in [0.1, 0.15) is 23.1 Å². The highest BCUT2D eigenvalue weighted by molar-refractivity contribution is 5.91. The quantitative estimate of drug-likeness (QED) is 0.628. The molecule has 2 N–H and O–H groups in total. The summed E-state index contributed by atoms with van der Waals surface area (Å²) in [6.45, 7) is 0.986. The number of aromatic nitrogens is 2. The molecule has 0 spiro atoms. The molecule has 2 aromatic carbocycles. The third-order valence-electron chi connectivity index (χ3n) is 4.13. The van der Waals surface area contributed by atoms with Gasteiger partial charge in [-0.25, -0.2) is 14.4 Å². The van der Waals surface area contributed by atoms with Crippen molar-refractivity contribution < 1.29 is 13.9 Å². The lowest BCUT2D eigenvalue weighted by Crippen LogP contribution is -2.26. The van der Waals surface area contributed by atoms with Crippen molar-refractivity contribution in [2.45, 2.75) is 13.0 Å². The summed E-state index contributed by atoms with van der Waals surface area (Å²) in [5.41, 5.74) is 2.28. The van der Waals surface area contributed by atoms with Gasteiger partial charge in [0, 0.05) is 13.1 Å². The maximum atomic E-state index is 12.9. The van der Waals surface area contributed by atoms with E-state index in [1.165, 1.54) is 24.5 Å². The number of nitrogens with one attached hydrogen (secondary N) is 2. The summed E-state index contributed by atoms with van der Waals surface area (Å²) in [7, 11) is 1.62. The average Bonchev–Trinajstić information content (AvgIpc) is 2.74. The number of hydrogen-bond donors (Lipinski definition) is 2. The second-order valence-corrected chi connectivity index (χ2v) is 6.12. The molecule has 0 unspecified atom stereocenters. The van der Waals surface area contributed by atoms with Crippen molar-refractivity contribution >= 4 is 11.7 Å². The van der Waals surface area contributed by atoms with Gasteiger partial charge in [0.15, 0.2) is 0 Å². The van der Waals surface area contributed by atoms with E-state index in [4.69, 9.17) is 4.74 Å². The molecule has 1 heterocycles. The predicted octanol–water partition coefficient (Wildman–Crippen LogP) is 3.21. The number of amides is 1. The lowest BCUT2D eigenvalue weighted by atomic mass is 10.1. The van der Waals surface area contributed by atoms with Gasteiger partial charge in [-0.2, -0.15) is 0 Å². The molecule has 144 valence electrons. The van der Waals surface area contributed by atoms with Crippen LogP contribution in [0.25, 0.3) is 0 Å². The molecule has 28 heavy (non-hydrogen) atoms. The number of hydrogen-bond acceptors (Lipinski definition) is 5. The molecule has 6 nitrogen and oxygen atoms in total. The SMILES string of the molecule is COc1ccc(CCNC(=O)c2cnc(NCc3ccc(F)cc3)cn2)cc1. The summed E-state index contributed by atoms with van der Waals surface area (Å²) in [5.74, 6) is 0.798. The number of methoxy groups -OCH3 is 1. The smallest absolute Gasteiger partial charge is 0.271 e. The fourth-order valence-electron chi connectivity index (χ4n) is 2.53. The maximum absolute atomic E-state index is 12.9. The zero-order valence-electron chi connectivity index (χ0n) is 15.5. The minimum Gasteiger partial charge on any atom is -0.497 e. The van der Waals surface area contributed by atoms with Crippen LogP contribution in [0.1, 0.15) is 21.6 Å². The van der Waals surface area contributed by atoms with Crippen LogP contribution in [0.5, 0.6) is 5.75 Å². The molecule has 0 aliphatic rings. The van der Waals surface area contributed by atoms with Crippen molar-refractivity contribution in [3.05, 3.63) is 83.6 Å². The fourth-order valence-corrected chi connectivity index (χ4v) is 2.53. The molecule has 0 bridgehead atoms. The number of rotatable bonds is 8. The Morgan fingerprint density at radius 2 is 1.71 bits per heavy atom. The molecule has 3 rings (SSSR count). The first-order valence-electron chi connectivity index (χ1n) is 8.85. The number of ether oxygens (including phenoxy) is 1. The summed E-state index contributed by atoms with van der Waals surface area (Å²) in [4.78, 5) is 20.5. The number of anilines is 1. The van der Waals surface area contributed by atoms with Gasteiger partial charge in [0.2, 0.25) is 0 Å². The first kappa shape index (κ1) is 19.3. The molecule has 7 heteroatoms. The molecule has 0 aliphatic heterocycles. The molecule has 0 saturated carbocycles. The minimum atomic E-state index is -0.272. The van der Waals surface area contributed by atoms with Crippen LogP contribution in [0.3, 0.4) is 0 Å². The number of nitrogens with zero attached hydrogens (tertiary/aromatic N) is 2. The zero-order chi connectivity index (χ0) is 19.8. The summed E-state index contributed by atoms with van der Waals surface area (Å²) in [6.07, 6.45) is 3.64. The van der Waals surface area contributed by atoms with Crippen LogP contribution in [0.4, 0.5) is 10.2 Å². The Kier molecular flexibility index (Phi) is 6.51. The van der Waals surface area contributed by atoms with Gasteiger partial charge in [-0.1, -0.05) is 24.3 Å². The summed E-state index contributed by atoms with van der Waals surface area (Å²) in [6, 6.07) is 13.9. The largest absolute Gasteiger partial charge is 0.497 e. The van der Waals surface area contributed by atoms with Crippen LogP contribution in [0, 0.1) is 5.82 Å². The van der Waals surface area contributed by atoms with Crippen molar-refractivity contribution in [1.29, 1.82) is 0 Å². The van der Waals surface area contributed by atoms with Crippen LogP contribution >= 0.6 is 0 Å². The third kappa shape index (κ3) is 5.51. The predicted molar refractivity (Wildman–Crippen MR) is 105 cm³/mol. The van der Waals surface area contributed by atoms with Crippen molar-refractivity contribution in [2.24, 2.45) is 0 Å². The molecule has 1 amide bonds. The number of carbonyl (C=O) groups excluding carboxylic acids is 1. The van der Waals surface area contributed by atoms with E-state index in [2.05, 4.69) is 20.6 Å². The molecule has 0 radical (unpaired) electrons. The molecule has 0 atom stereocenters. The standard InChI is InChI=1S/C21H21FN4O2/c1-28-18-8-4-15(5-9-18)10-11-23-21(27)19-13-26-20(14-24-19)25-12-16-2-6-17(22)7-3-16/h2-9,13-14H,10-12H2,1H3,(H,23,27)(H,25,26). The molecular formula is C21H21FN4O2. The average molecular weight is 380 g/mol. The van der Waals surface area contributed by atoms with Crippen molar-refractivity contribution in [1.82, 2.24) is 15.3 Å². The first-order chi connectivity index (χ1) is 13.6. The van der Waals surface area contributed by atoms with E-state index >= 15 is 0 Å². The second-order valence-electron chi connectivity index (χ2n) is 6.12. The van der Waals surface area contributed by atoms with E-state index in [-0.39, 0.29) is 17.4 Å². The summed E-state index contributed by atoms with van der Waals surface area (Å²) >= 11 is 0. The zero-order valence-corrected chi connectivity index (χ0v) is 15.5. The monoisotopic (exact) mass is 380 g/mol. The van der Waals surface area contributed by atoms with E-state index in [0.29, 0.717) is 25.3 Å². The van der Waals surface area contributed by atoms with Crippen LogP contribution < -0.4 is 15.4 Å². The number of halogens is 1. The third-order valence-corrected chi connectivity index (χ3v) is 4.13. The van der Waals surface area contributed by atoms with E-state index in [9.17, 15) is 9.18 Å². The highest BCUT2D eigenvalue weighted by Gasteiger charge is 2.07. The Balaban J connectivity index is 1.45. The number of benzene rings is 2. The molecule has 3 aromatic rings. The van der Waals surface area contributed by atoms with Gasteiger partial charge in [-0.05, 0) is 41.8 Å². The van der Waals surface area contributed by atoms with E-state index in [1.807, 2.05) is 24.3 Å². The van der Waals surface area contributed by atoms with Gasteiger partial charge in [0.05, 0.1) is 19.5 Å². The van der Waals surface area contributed by atoms with Gasteiger partial charge >= 0.3 is 0 Å².